The van der Waals surface area contributed by atoms with Crippen LogP contribution in [0, 0.1) is 0 Å². The van der Waals surface area contributed by atoms with E-state index in [1.54, 1.807) is 32.4 Å². The van der Waals surface area contributed by atoms with Crippen molar-refractivity contribution in [1.82, 2.24) is 14.9 Å². The molecule has 2 aromatic carbocycles. The quantitative estimate of drug-likeness (QED) is 0.200. The number of hydrazone groups is 1. The van der Waals surface area contributed by atoms with Crippen molar-refractivity contribution in [2.45, 2.75) is 12.1 Å². The van der Waals surface area contributed by atoms with Crippen LogP contribution >= 0.6 is 11.8 Å². The summed E-state index contributed by atoms with van der Waals surface area (Å²) in [5, 5.41) is 15.4. The van der Waals surface area contributed by atoms with Gasteiger partial charge in [0.25, 0.3) is 5.95 Å². The first-order valence-corrected chi connectivity index (χ1v) is 10.2. The Kier molecular flexibility index (Phi) is 7.33. The number of hydrogen-bond acceptors (Lipinski definition) is 9. The lowest BCUT2D eigenvalue weighted by Gasteiger charge is -2.09. The molecular formula is C20H23N7O3S. The van der Waals surface area contributed by atoms with Crippen LogP contribution in [0.5, 0.6) is 11.5 Å². The molecule has 0 spiro atoms. The molecule has 3 aromatic rings. The van der Waals surface area contributed by atoms with Crippen LogP contribution in [0.2, 0.25) is 0 Å². The van der Waals surface area contributed by atoms with Gasteiger partial charge in [0.15, 0.2) is 0 Å². The lowest BCUT2D eigenvalue weighted by Crippen LogP contribution is -2.17. The van der Waals surface area contributed by atoms with Crippen molar-refractivity contribution in [2.24, 2.45) is 5.10 Å². The standard InChI is InChI=1S/C20H23N7O3S/c1-13(14-7-5-4-6-8-14)23-24-19-25-26-20(27(19)21)31-12-18(28)22-15-9-16(29-2)11-17(10-15)30-3/h4-11H,12,21H2,1-3H3,(H,22,28)(H,24,25)/b23-13+. The molecule has 0 unspecified atom stereocenters. The summed E-state index contributed by atoms with van der Waals surface area (Å²) in [4.78, 5) is 12.3. The van der Waals surface area contributed by atoms with Crippen LogP contribution in [0.15, 0.2) is 58.8 Å². The van der Waals surface area contributed by atoms with Gasteiger partial charge in [0.1, 0.15) is 11.5 Å². The van der Waals surface area contributed by atoms with Gasteiger partial charge in [-0.05, 0) is 12.5 Å². The third kappa shape index (κ3) is 5.89. The van der Waals surface area contributed by atoms with Gasteiger partial charge in [0.2, 0.25) is 11.1 Å². The lowest BCUT2D eigenvalue weighted by molar-refractivity contribution is -0.113. The minimum atomic E-state index is -0.240. The van der Waals surface area contributed by atoms with Gasteiger partial charge in [-0.25, -0.2) is 10.1 Å². The molecule has 162 valence electrons. The number of thioether (sulfide) groups is 1. The van der Waals surface area contributed by atoms with Crippen LogP contribution in [0.4, 0.5) is 11.6 Å². The molecule has 0 bridgehead atoms. The summed E-state index contributed by atoms with van der Waals surface area (Å²) < 4.78 is 11.6. The van der Waals surface area contributed by atoms with Crippen molar-refractivity contribution in [3.63, 3.8) is 0 Å². The number of nitrogens with one attached hydrogen (secondary N) is 2. The van der Waals surface area contributed by atoms with Crippen LogP contribution in [-0.4, -0.2) is 46.5 Å². The molecule has 4 N–H and O–H groups in total. The third-order valence-corrected chi connectivity index (χ3v) is 5.09. The second kappa shape index (κ2) is 10.3. The first-order chi connectivity index (χ1) is 15.0. The van der Waals surface area contributed by atoms with Crippen molar-refractivity contribution in [1.29, 1.82) is 0 Å². The second-order valence-corrected chi connectivity index (χ2v) is 7.23. The van der Waals surface area contributed by atoms with Crippen LogP contribution in [0.25, 0.3) is 0 Å². The Morgan fingerprint density at radius 2 is 1.81 bits per heavy atom. The predicted octanol–water partition coefficient (Wildman–Crippen LogP) is 2.58. The number of hydrogen-bond donors (Lipinski definition) is 3. The highest BCUT2D eigenvalue weighted by Gasteiger charge is 2.13. The number of aromatic nitrogens is 3. The Morgan fingerprint density at radius 1 is 1.13 bits per heavy atom. The number of nitrogens with two attached hydrogens (primary N) is 1. The molecule has 0 radical (unpaired) electrons. The molecule has 0 atom stereocenters. The molecule has 0 aliphatic heterocycles. The van der Waals surface area contributed by atoms with Crippen LogP contribution < -0.4 is 26.1 Å². The molecular weight excluding hydrogens is 418 g/mol. The van der Waals surface area contributed by atoms with Gasteiger partial charge in [-0.1, -0.05) is 42.1 Å². The van der Waals surface area contributed by atoms with Gasteiger partial charge in [-0.15, -0.1) is 10.2 Å². The van der Waals surface area contributed by atoms with E-state index < -0.39 is 0 Å². The minimum Gasteiger partial charge on any atom is -0.497 e. The number of nitrogen functional groups attached to an aromatic ring is 1. The number of anilines is 2. The Balaban J connectivity index is 1.58. The number of nitrogens with zero attached hydrogens (tertiary/aromatic N) is 4. The van der Waals surface area contributed by atoms with Crippen LogP contribution in [0.3, 0.4) is 0 Å². The van der Waals surface area contributed by atoms with Gasteiger partial charge in [0.05, 0.1) is 25.7 Å². The first kappa shape index (κ1) is 22.0. The molecule has 0 aliphatic rings. The van der Waals surface area contributed by atoms with Gasteiger partial charge >= 0.3 is 0 Å². The highest BCUT2D eigenvalue weighted by atomic mass is 32.2. The van der Waals surface area contributed by atoms with Crippen LogP contribution in [-0.2, 0) is 4.79 Å². The molecule has 1 aromatic heterocycles. The van der Waals surface area contributed by atoms with E-state index in [0.29, 0.717) is 22.3 Å². The molecule has 0 saturated heterocycles. The van der Waals surface area contributed by atoms with Gasteiger partial charge in [0, 0.05) is 23.9 Å². The van der Waals surface area contributed by atoms with Crippen molar-refractivity contribution >= 4 is 35.0 Å². The highest BCUT2D eigenvalue weighted by Crippen LogP contribution is 2.26. The summed E-state index contributed by atoms with van der Waals surface area (Å²) in [7, 11) is 3.09. The monoisotopic (exact) mass is 441 g/mol. The lowest BCUT2D eigenvalue weighted by atomic mass is 10.1. The topological polar surface area (TPSA) is 129 Å². The minimum absolute atomic E-state index is 0.0845. The summed E-state index contributed by atoms with van der Waals surface area (Å²) in [6, 6.07) is 14.8. The van der Waals surface area contributed by atoms with E-state index in [1.165, 1.54) is 4.68 Å². The summed E-state index contributed by atoms with van der Waals surface area (Å²) in [5.41, 5.74) is 5.09. The normalized spacial score (nSPS) is 11.1. The molecule has 11 heteroatoms. The number of methoxy groups -OCH3 is 2. The van der Waals surface area contributed by atoms with E-state index in [2.05, 4.69) is 26.0 Å². The maximum Gasteiger partial charge on any atom is 0.264 e. The van der Waals surface area contributed by atoms with Gasteiger partial charge in [-0.2, -0.15) is 5.10 Å². The van der Waals surface area contributed by atoms with Crippen molar-refractivity contribution < 1.29 is 14.3 Å². The fourth-order valence-electron chi connectivity index (χ4n) is 2.54. The molecule has 0 fully saturated rings. The molecule has 0 aliphatic carbocycles. The van der Waals surface area contributed by atoms with Gasteiger partial charge < -0.3 is 20.6 Å². The van der Waals surface area contributed by atoms with E-state index in [4.69, 9.17) is 15.3 Å². The van der Waals surface area contributed by atoms with E-state index in [0.717, 1.165) is 23.0 Å². The van der Waals surface area contributed by atoms with Crippen LogP contribution in [0.1, 0.15) is 12.5 Å². The average molecular weight is 442 g/mol. The molecule has 10 nitrogen and oxygen atoms in total. The van der Waals surface area contributed by atoms with E-state index in [1.807, 2.05) is 37.3 Å². The molecule has 0 saturated carbocycles. The maximum atomic E-state index is 12.3. The number of benzene rings is 2. The fraction of sp³-hybridized carbons (Fsp3) is 0.200. The average Bonchev–Trinajstić information content (AvgIpc) is 3.15. The molecule has 1 amide bonds. The number of amides is 1. The van der Waals surface area contributed by atoms with Crippen molar-refractivity contribution in [3.05, 3.63) is 54.1 Å². The zero-order chi connectivity index (χ0) is 22.2. The SMILES string of the molecule is COc1cc(NC(=O)CSc2nnc(N/N=C(\C)c3ccccc3)n2N)cc(OC)c1. The Morgan fingerprint density at radius 3 is 2.45 bits per heavy atom. The Bertz CT molecular complexity index is 1050. The number of rotatable bonds is 9. The zero-order valence-electron chi connectivity index (χ0n) is 17.3. The molecule has 1 heterocycles. The number of carbonyl (C=O) groups is 1. The van der Waals surface area contributed by atoms with E-state index >= 15 is 0 Å². The summed E-state index contributed by atoms with van der Waals surface area (Å²) >= 11 is 1.15. The zero-order valence-corrected chi connectivity index (χ0v) is 18.1. The Hall–Kier alpha value is -3.73. The fourth-order valence-corrected chi connectivity index (χ4v) is 3.19. The van der Waals surface area contributed by atoms with Gasteiger partial charge in [-0.3, -0.25) is 4.79 Å². The first-order valence-electron chi connectivity index (χ1n) is 9.22. The molecule has 3 rings (SSSR count). The predicted molar refractivity (Wildman–Crippen MR) is 121 cm³/mol. The third-order valence-electron chi connectivity index (χ3n) is 4.15. The number of ether oxygens (including phenoxy) is 2. The summed E-state index contributed by atoms with van der Waals surface area (Å²) in [6.07, 6.45) is 0. The largest absolute Gasteiger partial charge is 0.497 e. The maximum absolute atomic E-state index is 12.3. The smallest absolute Gasteiger partial charge is 0.264 e. The summed E-state index contributed by atoms with van der Waals surface area (Å²) in [6.45, 7) is 1.87. The van der Waals surface area contributed by atoms with Crippen molar-refractivity contribution in [3.8, 4) is 11.5 Å². The van der Waals surface area contributed by atoms with E-state index in [9.17, 15) is 4.79 Å². The highest BCUT2D eigenvalue weighted by molar-refractivity contribution is 7.99. The van der Waals surface area contributed by atoms with Crippen molar-refractivity contribution in [2.75, 3.05) is 36.6 Å². The second-order valence-electron chi connectivity index (χ2n) is 6.29. The molecule has 31 heavy (non-hydrogen) atoms. The van der Waals surface area contributed by atoms with E-state index in [-0.39, 0.29) is 17.6 Å². The summed E-state index contributed by atoms with van der Waals surface area (Å²) in [5.74, 6) is 7.27. The Labute approximate surface area is 183 Å². The number of carbonyl (C=O) groups excluding carboxylic acids is 1.